The van der Waals surface area contributed by atoms with Crippen molar-refractivity contribution in [2.24, 2.45) is 0 Å². The van der Waals surface area contributed by atoms with Gasteiger partial charge in [0.25, 0.3) is 5.91 Å². The number of piperidine rings is 1. The number of nitrogens with zero attached hydrogens (tertiary/aromatic N) is 4. The summed E-state index contributed by atoms with van der Waals surface area (Å²) >= 11 is 0. The monoisotopic (exact) mass is 419 g/mol. The number of hydrogen-bond acceptors (Lipinski definition) is 5. The van der Waals surface area contributed by atoms with Crippen molar-refractivity contribution in [2.75, 3.05) is 39.8 Å². The van der Waals surface area contributed by atoms with Crippen molar-refractivity contribution in [3.8, 4) is 11.4 Å². The lowest BCUT2D eigenvalue weighted by molar-refractivity contribution is -0.135. The number of carbonyl (C=O) groups is 2. The van der Waals surface area contributed by atoms with E-state index in [1.165, 1.54) is 0 Å². The number of nitrogens with one attached hydrogen (secondary N) is 1. The van der Waals surface area contributed by atoms with E-state index in [1.807, 2.05) is 34.1 Å². The Morgan fingerprint density at radius 1 is 1.21 bits per heavy atom. The fraction of sp³-hybridized carbons (Fsp3) is 0.450. The zero-order valence-electron chi connectivity index (χ0n) is 16.4. The number of ether oxygens (including phenoxy) is 1. The first-order valence-electron chi connectivity index (χ1n) is 9.65. The van der Waals surface area contributed by atoms with Crippen LogP contribution in [-0.4, -0.2) is 77.3 Å². The summed E-state index contributed by atoms with van der Waals surface area (Å²) in [5, 5.41) is 7.55. The Hall–Kier alpha value is -2.58. The number of likely N-dealkylation sites (tertiary alicyclic amines) is 1. The summed E-state index contributed by atoms with van der Waals surface area (Å²) in [6, 6.07) is 9.35. The highest BCUT2D eigenvalue weighted by molar-refractivity contribution is 5.92. The zero-order chi connectivity index (χ0) is 19.5. The third-order valence-electron chi connectivity index (χ3n) is 5.40. The normalized spacial score (nSPS) is 19.6. The van der Waals surface area contributed by atoms with Gasteiger partial charge in [0.05, 0.1) is 19.3 Å². The summed E-state index contributed by atoms with van der Waals surface area (Å²) in [5.41, 5.74) is 1.28. The summed E-state index contributed by atoms with van der Waals surface area (Å²) in [7, 11) is 1.62. The number of halogens is 1. The quantitative estimate of drug-likeness (QED) is 0.809. The minimum Gasteiger partial charge on any atom is -0.497 e. The van der Waals surface area contributed by atoms with Gasteiger partial charge in [-0.15, -0.1) is 12.4 Å². The molecule has 0 aliphatic carbocycles. The van der Waals surface area contributed by atoms with Crippen molar-refractivity contribution in [1.29, 1.82) is 0 Å². The Balaban J connectivity index is 0.00000240. The molecule has 2 aromatic rings. The third-order valence-corrected chi connectivity index (χ3v) is 5.40. The van der Waals surface area contributed by atoms with Gasteiger partial charge in [-0.25, -0.2) is 4.68 Å². The summed E-state index contributed by atoms with van der Waals surface area (Å²) < 4.78 is 6.86. The predicted octanol–water partition coefficient (Wildman–Crippen LogP) is 1.34. The standard InChI is InChI=1S/C20H25N5O3.ClH/c1-28-17-6-4-15(5-7-17)25-11-8-18(22-25)20(27)23-10-2-3-16(14-23)24-12-9-21-13-19(24)26;/h4-8,11,16,21H,2-3,9-10,12-14H2,1H3;1H. The van der Waals surface area contributed by atoms with Gasteiger partial charge in [0.2, 0.25) is 5.91 Å². The van der Waals surface area contributed by atoms with Crippen LogP contribution < -0.4 is 10.1 Å². The highest BCUT2D eigenvalue weighted by atomic mass is 35.5. The van der Waals surface area contributed by atoms with Crippen LogP contribution in [0.5, 0.6) is 5.75 Å². The number of amides is 2. The molecule has 1 atom stereocenters. The van der Waals surface area contributed by atoms with Crippen LogP contribution in [0.25, 0.3) is 5.69 Å². The van der Waals surface area contributed by atoms with Gasteiger partial charge in [0, 0.05) is 38.4 Å². The average molecular weight is 420 g/mol. The highest BCUT2D eigenvalue weighted by Crippen LogP contribution is 2.20. The molecule has 0 saturated carbocycles. The Kier molecular flexibility index (Phi) is 6.76. The van der Waals surface area contributed by atoms with E-state index in [9.17, 15) is 9.59 Å². The fourth-order valence-electron chi connectivity index (χ4n) is 3.88. The number of rotatable bonds is 4. The van der Waals surface area contributed by atoms with Gasteiger partial charge in [-0.1, -0.05) is 0 Å². The van der Waals surface area contributed by atoms with Gasteiger partial charge < -0.3 is 19.9 Å². The summed E-state index contributed by atoms with van der Waals surface area (Å²) in [6.45, 7) is 3.17. The molecule has 2 amide bonds. The fourth-order valence-corrected chi connectivity index (χ4v) is 3.88. The number of piperazine rings is 1. The number of carbonyl (C=O) groups excluding carboxylic acids is 2. The SMILES string of the molecule is COc1ccc(-n2ccc(C(=O)N3CCCC(N4CCNCC4=O)C3)n2)cc1.Cl. The molecule has 0 spiro atoms. The molecule has 3 heterocycles. The molecular weight excluding hydrogens is 394 g/mol. The van der Waals surface area contributed by atoms with Crippen molar-refractivity contribution < 1.29 is 14.3 Å². The van der Waals surface area contributed by atoms with E-state index in [-0.39, 0.29) is 30.3 Å². The molecule has 0 radical (unpaired) electrons. The molecule has 2 aliphatic rings. The van der Waals surface area contributed by atoms with Gasteiger partial charge >= 0.3 is 0 Å². The van der Waals surface area contributed by atoms with E-state index in [4.69, 9.17) is 4.74 Å². The van der Waals surface area contributed by atoms with Crippen LogP contribution in [0.4, 0.5) is 0 Å². The molecule has 1 aromatic heterocycles. The molecule has 2 aliphatic heterocycles. The van der Waals surface area contributed by atoms with Crippen molar-refractivity contribution in [3.63, 3.8) is 0 Å². The van der Waals surface area contributed by atoms with Gasteiger partial charge in [0.15, 0.2) is 5.69 Å². The largest absolute Gasteiger partial charge is 0.497 e. The second kappa shape index (κ2) is 9.28. The van der Waals surface area contributed by atoms with Crippen LogP contribution in [0.2, 0.25) is 0 Å². The first-order valence-corrected chi connectivity index (χ1v) is 9.65. The topological polar surface area (TPSA) is 79.7 Å². The van der Waals surface area contributed by atoms with Gasteiger partial charge in [-0.05, 0) is 43.2 Å². The van der Waals surface area contributed by atoms with Crippen LogP contribution in [0.1, 0.15) is 23.3 Å². The van der Waals surface area contributed by atoms with E-state index < -0.39 is 0 Å². The molecule has 9 heteroatoms. The molecule has 1 unspecified atom stereocenters. The lowest BCUT2D eigenvalue weighted by Crippen LogP contribution is -2.57. The Bertz CT molecular complexity index is 854. The molecule has 2 fully saturated rings. The van der Waals surface area contributed by atoms with E-state index in [0.717, 1.165) is 30.8 Å². The highest BCUT2D eigenvalue weighted by Gasteiger charge is 2.32. The number of aromatic nitrogens is 2. The maximum Gasteiger partial charge on any atom is 0.274 e. The zero-order valence-corrected chi connectivity index (χ0v) is 17.2. The molecule has 0 bridgehead atoms. The molecule has 2 saturated heterocycles. The predicted molar refractivity (Wildman–Crippen MR) is 111 cm³/mol. The van der Waals surface area contributed by atoms with Crippen LogP contribution in [0.3, 0.4) is 0 Å². The van der Waals surface area contributed by atoms with Crippen LogP contribution in [-0.2, 0) is 4.79 Å². The minimum atomic E-state index is -0.0838. The molecule has 156 valence electrons. The van der Waals surface area contributed by atoms with Crippen molar-refractivity contribution in [3.05, 3.63) is 42.2 Å². The van der Waals surface area contributed by atoms with Gasteiger partial charge in [-0.2, -0.15) is 5.10 Å². The van der Waals surface area contributed by atoms with Crippen LogP contribution in [0.15, 0.2) is 36.5 Å². The smallest absolute Gasteiger partial charge is 0.274 e. The first-order chi connectivity index (χ1) is 13.7. The number of hydrogen-bond donors (Lipinski definition) is 1. The maximum absolute atomic E-state index is 13.0. The molecule has 1 N–H and O–H groups in total. The van der Waals surface area contributed by atoms with E-state index >= 15 is 0 Å². The molecule has 29 heavy (non-hydrogen) atoms. The lowest BCUT2D eigenvalue weighted by Gasteiger charge is -2.40. The van der Waals surface area contributed by atoms with Crippen molar-refractivity contribution in [1.82, 2.24) is 24.9 Å². The van der Waals surface area contributed by atoms with E-state index in [1.54, 1.807) is 24.1 Å². The van der Waals surface area contributed by atoms with E-state index in [2.05, 4.69) is 10.4 Å². The lowest BCUT2D eigenvalue weighted by atomic mass is 10.0. The number of benzene rings is 1. The maximum atomic E-state index is 13.0. The van der Waals surface area contributed by atoms with E-state index in [0.29, 0.717) is 31.9 Å². The Morgan fingerprint density at radius 2 is 2.00 bits per heavy atom. The molecule has 1 aromatic carbocycles. The average Bonchev–Trinajstić information content (AvgIpc) is 3.24. The summed E-state index contributed by atoms with van der Waals surface area (Å²) in [5.74, 6) is 0.808. The third kappa shape index (κ3) is 4.54. The van der Waals surface area contributed by atoms with Crippen molar-refractivity contribution in [2.45, 2.75) is 18.9 Å². The molecule has 4 rings (SSSR count). The Labute approximate surface area is 176 Å². The minimum absolute atomic E-state index is 0. The van der Waals surface area contributed by atoms with Gasteiger partial charge in [0.1, 0.15) is 5.75 Å². The second-order valence-corrected chi connectivity index (χ2v) is 7.15. The Morgan fingerprint density at radius 3 is 2.72 bits per heavy atom. The van der Waals surface area contributed by atoms with Crippen LogP contribution >= 0.6 is 12.4 Å². The van der Waals surface area contributed by atoms with Gasteiger partial charge in [-0.3, -0.25) is 9.59 Å². The number of methoxy groups -OCH3 is 1. The molecular formula is C20H26ClN5O3. The summed E-state index contributed by atoms with van der Waals surface area (Å²) in [6.07, 6.45) is 3.62. The molecule has 8 nitrogen and oxygen atoms in total. The summed E-state index contributed by atoms with van der Waals surface area (Å²) in [4.78, 5) is 28.9. The first kappa shape index (κ1) is 21.1. The van der Waals surface area contributed by atoms with Crippen molar-refractivity contribution >= 4 is 24.2 Å². The van der Waals surface area contributed by atoms with Crippen LogP contribution in [0, 0.1) is 0 Å². The second-order valence-electron chi connectivity index (χ2n) is 7.15.